The van der Waals surface area contributed by atoms with Gasteiger partial charge in [-0.1, -0.05) is 0 Å². The van der Waals surface area contributed by atoms with Crippen molar-refractivity contribution in [3.63, 3.8) is 0 Å². The largest absolute Gasteiger partial charge is 0.437 e. The highest BCUT2D eigenvalue weighted by Gasteiger charge is 2.33. The van der Waals surface area contributed by atoms with Gasteiger partial charge < -0.3 is 15.4 Å². The molecule has 1 aliphatic heterocycles. The molecule has 1 fully saturated rings. The van der Waals surface area contributed by atoms with E-state index in [4.69, 9.17) is 10.5 Å². The van der Waals surface area contributed by atoms with Crippen molar-refractivity contribution < 1.29 is 22.7 Å². The Kier molecular flexibility index (Phi) is 5.08. The molecule has 1 saturated heterocycles. The van der Waals surface area contributed by atoms with Crippen molar-refractivity contribution in [1.29, 1.82) is 0 Å². The number of aromatic nitrogens is 2. The van der Waals surface area contributed by atoms with Gasteiger partial charge in [-0.15, -0.1) is 0 Å². The highest BCUT2D eigenvalue weighted by atomic mass is 19.4. The summed E-state index contributed by atoms with van der Waals surface area (Å²) in [6, 6.07) is 3.64. The minimum atomic E-state index is -4.62. The van der Waals surface area contributed by atoms with Gasteiger partial charge >= 0.3 is 6.18 Å². The number of nitrogens with two attached hydrogens (primary N) is 1. The van der Waals surface area contributed by atoms with Gasteiger partial charge in [-0.25, -0.2) is 4.98 Å². The molecule has 3 rings (SSSR count). The summed E-state index contributed by atoms with van der Waals surface area (Å²) in [7, 11) is 0. The Balaban J connectivity index is 1.85. The van der Waals surface area contributed by atoms with Crippen LogP contribution >= 0.6 is 0 Å². The van der Waals surface area contributed by atoms with Crippen LogP contribution in [0, 0.1) is 0 Å². The number of hydrogen-bond acceptors (Lipinski definition) is 5. The molecule has 2 aromatic rings. The van der Waals surface area contributed by atoms with Gasteiger partial charge in [0.1, 0.15) is 11.4 Å². The molecule has 1 amide bonds. The van der Waals surface area contributed by atoms with E-state index in [-0.39, 0.29) is 29.6 Å². The molecular formula is C17H17F3N4O2. The first-order valence-corrected chi connectivity index (χ1v) is 8.07. The van der Waals surface area contributed by atoms with Crippen LogP contribution in [0.25, 0.3) is 0 Å². The molecule has 0 aliphatic carbocycles. The Hall–Kier alpha value is -2.68. The van der Waals surface area contributed by atoms with E-state index in [1.165, 1.54) is 24.5 Å². The Bertz CT molecular complexity index is 805. The molecule has 0 spiro atoms. The van der Waals surface area contributed by atoms with E-state index >= 15 is 0 Å². The Morgan fingerprint density at radius 1 is 1.19 bits per heavy atom. The highest BCUT2D eigenvalue weighted by molar-refractivity contribution is 5.94. The standard InChI is InChI=1S/C17H17F3N4O2/c18-17(19,20)14-5-11(8-21)6-15(23-14)26-13-7-12(9-22-10-13)16(25)24-3-1-2-4-24/h5-7,9-10H,1-4,8,21H2. The number of nitrogens with zero attached hydrogens (tertiary/aromatic N) is 3. The van der Waals surface area contributed by atoms with Crippen LogP contribution in [0.3, 0.4) is 0 Å². The number of pyridine rings is 2. The van der Waals surface area contributed by atoms with Crippen molar-refractivity contribution >= 4 is 5.91 Å². The lowest BCUT2D eigenvalue weighted by Crippen LogP contribution is -2.27. The summed E-state index contributed by atoms with van der Waals surface area (Å²) >= 11 is 0. The Morgan fingerprint density at radius 3 is 2.58 bits per heavy atom. The van der Waals surface area contributed by atoms with Gasteiger partial charge in [-0.05, 0) is 30.5 Å². The zero-order valence-electron chi connectivity index (χ0n) is 13.8. The smallest absolute Gasteiger partial charge is 0.433 e. The predicted octanol–water partition coefficient (Wildman–Crippen LogP) is 2.98. The molecule has 0 bridgehead atoms. The fourth-order valence-electron chi connectivity index (χ4n) is 2.69. The average molecular weight is 366 g/mol. The second-order valence-corrected chi connectivity index (χ2v) is 5.91. The summed E-state index contributed by atoms with van der Waals surface area (Å²) in [5.74, 6) is -0.308. The van der Waals surface area contributed by atoms with Crippen LogP contribution in [-0.2, 0) is 12.7 Å². The molecule has 0 saturated carbocycles. The lowest BCUT2D eigenvalue weighted by molar-refractivity contribution is -0.141. The lowest BCUT2D eigenvalue weighted by atomic mass is 10.2. The fourth-order valence-corrected chi connectivity index (χ4v) is 2.69. The number of alkyl halides is 3. The molecule has 1 aliphatic rings. The van der Waals surface area contributed by atoms with Crippen molar-refractivity contribution in [3.8, 4) is 11.6 Å². The van der Waals surface area contributed by atoms with Gasteiger partial charge in [0, 0.05) is 31.9 Å². The second-order valence-electron chi connectivity index (χ2n) is 5.91. The van der Waals surface area contributed by atoms with E-state index in [0.717, 1.165) is 18.9 Å². The molecule has 138 valence electrons. The summed E-state index contributed by atoms with van der Waals surface area (Å²) in [5, 5.41) is 0. The summed E-state index contributed by atoms with van der Waals surface area (Å²) < 4.78 is 44.2. The van der Waals surface area contributed by atoms with Crippen LogP contribution in [0.15, 0.2) is 30.6 Å². The van der Waals surface area contributed by atoms with Crippen LogP contribution in [0.5, 0.6) is 11.6 Å². The van der Waals surface area contributed by atoms with Gasteiger partial charge in [0.15, 0.2) is 0 Å². The van der Waals surface area contributed by atoms with Gasteiger partial charge in [-0.3, -0.25) is 9.78 Å². The molecule has 3 heterocycles. The maximum Gasteiger partial charge on any atom is 0.433 e. The minimum absolute atomic E-state index is 0.0896. The molecule has 0 unspecified atom stereocenters. The molecule has 6 nitrogen and oxygen atoms in total. The molecule has 9 heteroatoms. The molecule has 2 N–H and O–H groups in total. The number of rotatable bonds is 4. The third kappa shape index (κ3) is 4.10. The molecule has 0 atom stereocenters. The molecule has 0 aromatic carbocycles. The fraction of sp³-hybridized carbons (Fsp3) is 0.353. The molecule has 26 heavy (non-hydrogen) atoms. The third-order valence-electron chi connectivity index (χ3n) is 3.96. The summed E-state index contributed by atoms with van der Waals surface area (Å²) in [6.07, 6.45) is -0.00488. The number of likely N-dealkylation sites (tertiary alicyclic amines) is 1. The van der Waals surface area contributed by atoms with Crippen molar-refractivity contribution in [2.45, 2.75) is 25.6 Å². The quantitative estimate of drug-likeness (QED) is 0.900. The van der Waals surface area contributed by atoms with Crippen molar-refractivity contribution in [1.82, 2.24) is 14.9 Å². The van der Waals surface area contributed by atoms with Gasteiger partial charge in [0.2, 0.25) is 5.88 Å². The number of ether oxygens (including phenoxy) is 1. The van der Waals surface area contributed by atoms with Gasteiger partial charge in [-0.2, -0.15) is 13.2 Å². The average Bonchev–Trinajstić information content (AvgIpc) is 3.15. The first kappa shape index (κ1) is 18.1. The second kappa shape index (κ2) is 7.28. The van der Waals surface area contributed by atoms with Crippen LogP contribution in [0.1, 0.15) is 34.5 Å². The minimum Gasteiger partial charge on any atom is -0.437 e. The van der Waals surface area contributed by atoms with E-state index in [1.54, 1.807) is 4.90 Å². The SMILES string of the molecule is NCc1cc(Oc2cncc(C(=O)N3CCCC3)c2)nc(C(F)(F)F)c1. The van der Waals surface area contributed by atoms with Crippen molar-refractivity contribution in [2.75, 3.05) is 13.1 Å². The van der Waals surface area contributed by atoms with Gasteiger partial charge in [0.05, 0.1) is 11.8 Å². The molecule has 0 radical (unpaired) electrons. The number of carbonyl (C=O) groups is 1. The maximum atomic E-state index is 12.9. The van der Waals surface area contributed by atoms with E-state index in [0.29, 0.717) is 18.7 Å². The normalized spacial score (nSPS) is 14.5. The Labute approximate surface area is 147 Å². The summed E-state index contributed by atoms with van der Waals surface area (Å²) in [6.45, 7) is 1.27. The van der Waals surface area contributed by atoms with Crippen molar-refractivity contribution in [3.05, 3.63) is 47.4 Å². The number of carbonyl (C=O) groups excluding carboxylic acids is 1. The first-order chi connectivity index (χ1) is 12.4. The lowest BCUT2D eigenvalue weighted by Gasteiger charge is -2.15. The predicted molar refractivity (Wildman–Crippen MR) is 86.6 cm³/mol. The zero-order chi connectivity index (χ0) is 18.7. The first-order valence-electron chi connectivity index (χ1n) is 8.07. The molecular weight excluding hydrogens is 349 g/mol. The van der Waals surface area contributed by atoms with E-state index in [2.05, 4.69) is 9.97 Å². The van der Waals surface area contributed by atoms with E-state index in [9.17, 15) is 18.0 Å². The Morgan fingerprint density at radius 2 is 1.92 bits per heavy atom. The monoisotopic (exact) mass is 366 g/mol. The number of halogens is 3. The highest BCUT2D eigenvalue weighted by Crippen LogP contribution is 2.31. The van der Waals surface area contributed by atoms with E-state index in [1.807, 2.05) is 0 Å². The summed E-state index contributed by atoms with van der Waals surface area (Å²) in [4.78, 5) is 21.5. The molecule has 2 aromatic heterocycles. The van der Waals surface area contributed by atoms with Crippen LogP contribution in [0.2, 0.25) is 0 Å². The van der Waals surface area contributed by atoms with Crippen LogP contribution < -0.4 is 10.5 Å². The topological polar surface area (TPSA) is 81.3 Å². The zero-order valence-corrected chi connectivity index (χ0v) is 13.8. The van der Waals surface area contributed by atoms with Gasteiger partial charge in [0.25, 0.3) is 5.91 Å². The third-order valence-corrected chi connectivity index (χ3v) is 3.96. The van der Waals surface area contributed by atoms with Crippen LogP contribution in [0.4, 0.5) is 13.2 Å². The van der Waals surface area contributed by atoms with Crippen molar-refractivity contribution in [2.24, 2.45) is 5.73 Å². The number of hydrogen-bond donors (Lipinski definition) is 1. The maximum absolute atomic E-state index is 12.9. The van der Waals surface area contributed by atoms with E-state index < -0.39 is 11.9 Å². The summed E-state index contributed by atoms with van der Waals surface area (Å²) in [5.41, 5.74) is 4.91. The number of amides is 1. The van der Waals surface area contributed by atoms with Crippen LogP contribution in [-0.4, -0.2) is 33.9 Å².